The lowest BCUT2D eigenvalue weighted by molar-refractivity contribution is 0.649. The highest BCUT2D eigenvalue weighted by atomic mass is 15.0. The molecular formula is C10H15N3. The number of hydrogen-bond donors (Lipinski definition) is 1. The third-order valence-corrected chi connectivity index (χ3v) is 2.51. The molecule has 0 fully saturated rings. The van der Waals surface area contributed by atoms with Gasteiger partial charge < -0.3 is 10.3 Å². The summed E-state index contributed by atoms with van der Waals surface area (Å²) in [7, 11) is 2.02. The highest BCUT2D eigenvalue weighted by Crippen LogP contribution is 2.24. The summed E-state index contributed by atoms with van der Waals surface area (Å²) in [6.07, 6.45) is 9.34. The standard InChI is InChI=1S/C10H15N3/c1-13-6-5-12-10(13)8-3-2-4-9(11)7-8/h5-7,9H,2-4,11H2,1H3. The van der Waals surface area contributed by atoms with Crippen LogP contribution in [0.3, 0.4) is 0 Å². The second-order valence-corrected chi connectivity index (χ2v) is 3.61. The fourth-order valence-electron chi connectivity index (χ4n) is 1.81. The number of rotatable bonds is 1. The molecule has 2 rings (SSSR count). The van der Waals surface area contributed by atoms with Crippen molar-refractivity contribution in [2.45, 2.75) is 25.3 Å². The molecule has 3 heteroatoms. The summed E-state index contributed by atoms with van der Waals surface area (Å²) in [6.45, 7) is 0. The summed E-state index contributed by atoms with van der Waals surface area (Å²) in [4.78, 5) is 4.31. The minimum atomic E-state index is 0.223. The van der Waals surface area contributed by atoms with Crippen LogP contribution in [0.25, 0.3) is 5.57 Å². The van der Waals surface area contributed by atoms with Gasteiger partial charge in [0, 0.05) is 25.5 Å². The number of aryl methyl sites for hydroxylation is 1. The van der Waals surface area contributed by atoms with E-state index >= 15 is 0 Å². The Morgan fingerprint density at radius 2 is 2.46 bits per heavy atom. The molecule has 0 saturated carbocycles. The Morgan fingerprint density at radius 3 is 3.08 bits per heavy atom. The highest BCUT2D eigenvalue weighted by molar-refractivity contribution is 5.61. The van der Waals surface area contributed by atoms with Crippen molar-refractivity contribution < 1.29 is 0 Å². The lowest BCUT2D eigenvalue weighted by Crippen LogP contribution is -2.20. The molecule has 0 radical (unpaired) electrons. The van der Waals surface area contributed by atoms with Gasteiger partial charge in [-0.25, -0.2) is 4.98 Å². The number of hydrogen-bond acceptors (Lipinski definition) is 2. The summed E-state index contributed by atoms with van der Waals surface area (Å²) in [5, 5.41) is 0. The Kier molecular flexibility index (Phi) is 2.19. The van der Waals surface area contributed by atoms with Crippen molar-refractivity contribution in [2.75, 3.05) is 0 Å². The SMILES string of the molecule is Cn1ccnc1C1=CC(N)CCC1. The first kappa shape index (κ1) is 8.51. The van der Waals surface area contributed by atoms with Crippen LogP contribution in [0.5, 0.6) is 0 Å². The first-order valence-corrected chi connectivity index (χ1v) is 4.71. The van der Waals surface area contributed by atoms with Crippen molar-refractivity contribution in [1.29, 1.82) is 0 Å². The van der Waals surface area contributed by atoms with E-state index < -0.39 is 0 Å². The molecule has 3 nitrogen and oxygen atoms in total. The summed E-state index contributed by atoms with van der Waals surface area (Å²) >= 11 is 0. The van der Waals surface area contributed by atoms with Crippen LogP contribution < -0.4 is 5.73 Å². The minimum absolute atomic E-state index is 0.223. The van der Waals surface area contributed by atoms with Crippen LogP contribution in [0.1, 0.15) is 25.1 Å². The number of nitrogens with two attached hydrogens (primary N) is 1. The summed E-state index contributed by atoms with van der Waals surface area (Å²) in [6, 6.07) is 0.223. The molecule has 0 bridgehead atoms. The van der Waals surface area contributed by atoms with Gasteiger partial charge in [-0.15, -0.1) is 0 Å². The van der Waals surface area contributed by atoms with Gasteiger partial charge >= 0.3 is 0 Å². The van der Waals surface area contributed by atoms with Crippen LogP contribution in [0.2, 0.25) is 0 Å². The van der Waals surface area contributed by atoms with Crippen molar-refractivity contribution in [3.8, 4) is 0 Å². The maximum Gasteiger partial charge on any atom is 0.135 e. The van der Waals surface area contributed by atoms with Gasteiger partial charge in [-0.2, -0.15) is 0 Å². The van der Waals surface area contributed by atoms with E-state index in [1.807, 2.05) is 24.0 Å². The summed E-state index contributed by atoms with van der Waals surface area (Å²) in [5.41, 5.74) is 7.17. The summed E-state index contributed by atoms with van der Waals surface area (Å²) in [5.74, 6) is 1.06. The minimum Gasteiger partial charge on any atom is -0.334 e. The predicted molar refractivity (Wildman–Crippen MR) is 53.0 cm³/mol. The number of nitrogens with zero attached hydrogens (tertiary/aromatic N) is 2. The zero-order chi connectivity index (χ0) is 9.26. The molecule has 2 N–H and O–H groups in total. The summed E-state index contributed by atoms with van der Waals surface area (Å²) < 4.78 is 2.05. The molecule has 1 atom stereocenters. The largest absolute Gasteiger partial charge is 0.334 e. The van der Waals surface area contributed by atoms with E-state index in [1.54, 1.807) is 0 Å². The third-order valence-electron chi connectivity index (χ3n) is 2.51. The van der Waals surface area contributed by atoms with E-state index in [9.17, 15) is 0 Å². The quantitative estimate of drug-likeness (QED) is 0.703. The molecule has 70 valence electrons. The molecule has 1 aliphatic carbocycles. The zero-order valence-electron chi connectivity index (χ0n) is 7.90. The first-order chi connectivity index (χ1) is 6.27. The normalized spacial score (nSPS) is 22.9. The van der Waals surface area contributed by atoms with Crippen molar-refractivity contribution >= 4 is 5.57 Å². The molecule has 0 amide bonds. The predicted octanol–water partition coefficient (Wildman–Crippen LogP) is 1.31. The highest BCUT2D eigenvalue weighted by Gasteiger charge is 2.13. The van der Waals surface area contributed by atoms with Gasteiger partial charge in [0.05, 0.1) is 0 Å². The molecule has 1 aromatic rings. The Balaban J connectivity index is 2.30. The Labute approximate surface area is 78.3 Å². The van der Waals surface area contributed by atoms with Gasteiger partial charge in [0.25, 0.3) is 0 Å². The lowest BCUT2D eigenvalue weighted by atomic mass is 9.96. The van der Waals surface area contributed by atoms with E-state index in [-0.39, 0.29) is 6.04 Å². The molecule has 0 saturated heterocycles. The first-order valence-electron chi connectivity index (χ1n) is 4.71. The Hall–Kier alpha value is -1.09. The molecule has 1 heterocycles. The maximum absolute atomic E-state index is 5.87. The van der Waals surface area contributed by atoms with Gasteiger partial charge in [-0.1, -0.05) is 6.08 Å². The second-order valence-electron chi connectivity index (χ2n) is 3.61. The van der Waals surface area contributed by atoms with Crippen LogP contribution in [-0.4, -0.2) is 15.6 Å². The van der Waals surface area contributed by atoms with Crippen LogP contribution in [-0.2, 0) is 7.05 Å². The zero-order valence-corrected chi connectivity index (χ0v) is 7.90. The van der Waals surface area contributed by atoms with E-state index in [4.69, 9.17) is 5.73 Å². The van der Waals surface area contributed by atoms with Crippen LogP contribution in [0, 0.1) is 0 Å². The van der Waals surface area contributed by atoms with Gasteiger partial charge in [-0.3, -0.25) is 0 Å². The average molecular weight is 177 g/mol. The van der Waals surface area contributed by atoms with Crippen LogP contribution in [0.4, 0.5) is 0 Å². The van der Waals surface area contributed by atoms with Crippen molar-refractivity contribution in [1.82, 2.24) is 9.55 Å². The number of aromatic nitrogens is 2. The number of allylic oxidation sites excluding steroid dienone is 1. The van der Waals surface area contributed by atoms with Gasteiger partial charge in [0.2, 0.25) is 0 Å². The van der Waals surface area contributed by atoms with Gasteiger partial charge in [-0.05, 0) is 24.8 Å². The fourth-order valence-corrected chi connectivity index (χ4v) is 1.81. The monoisotopic (exact) mass is 177 g/mol. The molecular weight excluding hydrogens is 162 g/mol. The van der Waals surface area contributed by atoms with E-state index in [1.165, 1.54) is 12.0 Å². The van der Waals surface area contributed by atoms with Crippen molar-refractivity contribution in [3.63, 3.8) is 0 Å². The average Bonchev–Trinajstić information content (AvgIpc) is 2.51. The Morgan fingerprint density at radius 1 is 1.62 bits per heavy atom. The van der Waals surface area contributed by atoms with Crippen molar-refractivity contribution in [2.24, 2.45) is 12.8 Å². The molecule has 0 spiro atoms. The second kappa shape index (κ2) is 3.34. The van der Waals surface area contributed by atoms with E-state index in [2.05, 4.69) is 11.1 Å². The Bertz CT molecular complexity index is 325. The van der Waals surface area contributed by atoms with Gasteiger partial charge in [0.15, 0.2) is 0 Å². The molecule has 0 aliphatic heterocycles. The van der Waals surface area contributed by atoms with Crippen LogP contribution in [0.15, 0.2) is 18.5 Å². The molecule has 0 aromatic carbocycles. The van der Waals surface area contributed by atoms with Crippen molar-refractivity contribution in [3.05, 3.63) is 24.3 Å². The molecule has 1 aliphatic rings. The van der Waals surface area contributed by atoms with E-state index in [0.717, 1.165) is 18.7 Å². The topological polar surface area (TPSA) is 43.8 Å². The van der Waals surface area contributed by atoms with Gasteiger partial charge in [0.1, 0.15) is 5.82 Å². The maximum atomic E-state index is 5.87. The molecule has 1 aromatic heterocycles. The molecule has 1 unspecified atom stereocenters. The fraction of sp³-hybridized carbons (Fsp3) is 0.500. The molecule has 13 heavy (non-hydrogen) atoms. The number of imidazole rings is 1. The van der Waals surface area contributed by atoms with E-state index in [0.29, 0.717) is 0 Å². The lowest BCUT2D eigenvalue weighted by Gasteiger charge is -2.17. The van der Waals surface area contributed by atoms with Crippen LogP contribution >= 0.6 is 0 Å². The third kappa shape index (κ3) is 1.65. The smallest absolute Gasteiger partial charge is 0.135 e.